The Morgan fingerprint density at radius 3 is 2.33 bits per heavy atom. The normalized spacial score (nSPS) is 8.33. The minimum atomic E-state index is 0.663. The molecule has 0 atom stereocenters. The third kappa shape index (κ3) is 1.94. The Bertz CT molecular complexity index is 41.9. The standard InChI is InChI=1S/C5H10N/c1-3-5(6)4-2/h6H,1,3-4H2,2H3. The van der Waals surface area contributed by atoms with Crippen molar-refractivity contribution < 1.29 is 0 Å². The molecule has 0 unspecified atom stereocenters. The molecular formula is C5H10N. The van der Waals surface area contributed by atoms with Gasteiger partial charge in [0.05, 0.1) is 0 Å². The molecule has 1 heteroatoms. The lowest BCUT2D eigenvalue weighted by Crippen LogP contribution is -1.86. The van der Waals surface area contributed by atoms with Gasteiger partial charge in [-0.25, -0.2) is 0 Å². The van der Waals surface area contributed by atoms with Crippen molar-refractivity contribution in [2.45, 2.75) is 19.8 Å². The zero-order chi connectivity index (χ0) is 4.99. The van der Waals surface area contributed by atoms with E-state index in [1.807, 2.05) is 6.92 Å². The summed E-state index contributed by atoms with van der Waals surface area (Å²) in [5.41, 5.74) is 0.731. The minimum Gasteiger partial charge on any atom is -0.310 e. The molecule has 0 aliphatic carbocycles. The van der Waals surface area contributed by atoms with Gasteiger partial charge in [-0.15, -0.1) is 0 Å². The minimum absolute atomic E-state index is 0.663. The molecule has 6 heavy (non-hydrogen) atoms. The van der Waals surface area contributed by atoms with Gasteiger partial charge in [-0.05, 0) is 19.8 Å². The van der Waals surface area contributed by atoms with Crippen molar-refractivity contribution in [3.63, 3.8) is 0 Å². The molecule has 1 radical (unpaired) electrons. The van der Waals surface area contributed by atoms with E-state index < -0.39 is 0 Å². The van der Waals surface area contributed by atoms with Crippen LogP contribution in [0.15, 0.2) is 0 Å². The molecule has 0 rings (SSSR count). The van der Waals surface area contributed by atoms with Crippen LogP contribution < -0.4 is 0 Å². The molecule has 1 nitrogen and oxygen atoms in total. The quantitative estimate of drug-likeness (QED) is 0.492. The maximum atomic E-state index is 6.92. The number of nitrogens with one attached hydrogen (secondary N) is 1. The van der Waals surface area contributed by atoms with Gasteiger partial charge < -0.3 is 5.41 Å². The second kappa shape index (κ2) is 2.88. The highest BCUT2D eigenvalue weighted by Gasteiger charge is 1.81. The summed E-state index contributed by atoms with van der Waals surface area (Å²) in [6.07, 6.45) is 1.51. The third-order valence-electron chi connectivity index (χ3n) is 0.729. The van der Waals surface area contributed by atoms with Gasteiger partial charge >= 0.3 is 0 Å². The van der Waals surface area contributed by atoms with E-state index in [2.05, 4.69) is 6.92 Å². The Hall–Kier alpha value is -0.330. The highest BCUT2D eigenvalue weighted by atomic mass is 14.4. The fourth-order valence-corrected chi connectivity index (χ4v) is 0.177. The number of rotatable bonds is 2. The first-order valence-electron chi connectivity index (χ1n) is 2.16. The summed E-state index contributed by atoms with van der Waals surface area (Å²) < 4.78 is 0. The van der Waals surface area contributed by atoms with E-state index in [-0.39, 0.29) is 0 Å². The monoisotopic (exact) mass is 84.1 g/mol. The van der Waals surface area contributed by atoms with Crippen LogP contribution in [0.25, 0.3) is 0 Å². The van der Waals surface area contributed by atoms with E-state index >= 15 is 0 Å². The van der Waals surface area contributed by atoms with E-state index in [0.29, 0.717) is 6.42 Å². The maximum Gasteiger partial charge on any atom is 0.00864 e. The first-order valence-corrected chi connectivity index (χ1v) is 2.16. The molecule has 0 spiro atoms. The fourth-order valence-electron chi connectivity index (χ4n) is 0.177. The maximum absolute atomic E-state index is 6.92. The average Bonchev–Trinajstić information content (AvgIpc) is 1.65. The fraction of sp³-hybridized carbons (Fsp3) is 0.600. The van der Waals surface area contributed by atoms with Crippen molar-refractivity contribution in [2.24, 2.45) is 0 Å². The summed E-state index contributed by atoms with van der Waals surface area (Å²) >= 11 is 0. The molecule has 0 saturated heterocycles. The van der Waals surface area contributed by atoms with Crippen LogP contribution in [0.4, 0.5) is 0 Å². The molecule has 0 aromatic heterocycles. The summed E-state index contributed by atoms with van der Waals surface area (Å²) in [5.74, 6) is 0. The molecule has 0 fully saturated rings. The van der Waals surface area contributed by atoms with Crippen LogP contribution in [-0.4, -0.2) is 5.71 Å². The van der Waals surface area contributed by atoms with Gasteiger partial charge in [-0.3, -0.25) is 0 Å². The van der Waals surface area contributed by atoms with Crippen molar-refractivity contribution in [3.05, 3.63) is 6.92 Å². The van der Waals surface area contributed by atoms with Crippen LogP contribution in [0.2, 0.25) is 0 Å². The Labute approximate surface area is 38.9 Å². The highest BCUT2D eigenvalue weighted by molar-refractivity contribution is 5.81. The zero-order valence-electron chi connectivity index (χ0n) is 4.12. The second-order valence-corrected chi connectivity index (χ2v) is 1.21. The Balaban J connectivity index is 2.99. The third-order valence-corrected chi connectivity index (χ3v) is 0.729. The number of hydrogen-bond acceptors (Lipinski definition) is 1. The molecule has 0 aliphatic rings. The van der Waals surface area contributed by atoms with E-state index in [4.69, 9.17) is 5.41 Å². The van der Waals surface area contributed by atoms with Crippen LogP contribution in [-0.2, 0) is 0 Å². The molecule has 1 N–H and O–H groups in total. The highest BCUT2D eigenvalue weighted by Crippen LogP contribution is 1.83. The largest absolute Gasteiger partial charge is 0.310 e. The summed E-state index contributed by atoms with van der Waals surface area (Å²) in [6, 6.07) is 0. The summed E-state index contributed by atoms with van der Waals surface area (Å²) in [7, 11) is 0. The van der Waals surface area contributed by atoms with Crippen molar-refractivity contribution in [1.29, 1.82) is 5.41 Å². The number of hydrogen-bond donors (Lipinski definition) is 1. The first-order chi connectivity index (χ1) is 2.81. The Morgan fingerprint density at radius 1 is 1.83 bits per heavy atom. The van der Waals surface area contributed by atoms with Gasteiger partial charge in [0, 0.05) is 5.71 Å². The van der Waals surface area contributed by atoms with Gasteiger partial charge in [0.15, 0.2) is 0 Å². The SMILES string of the molecule is [CH2]CC(=N)CC. The van der Waals surface area contributed by atoms with Gasteiger partial charge in [0.25, 0.3) is 0 Å². The smallest absolute Gasteiger partial charge is 0.00864 e. The Kier molecular flexibility index (Phi) is 2.73. The topological polar surface area (TPSA) is 23.9 Å². The van der Waals surface area contributed by atoms with Crippen LogP contribution >= 0.6 is 0 Å². The van der Waals surface area contributed by atoms with Gasteiger partial charge in [-0.2, -0.15) is 0 Å². The zero-order valence-corrected chi connectivity index (χ0v) is 4.12. The van der Waals surface area contributed by atoms with Crippen LogP contribution in [0.3, 0.4) is 0 Å². The molecule has 0 aromatic rings. The second-order valence-electron chi connectivity index (χ2n) is 1.21. The van der Waals surface area contributed by atoms with E-state index in [0.717, 1.165) is 12.1 Å². The van der Waals surface area contributed by atoms with Gasteiger partial charge in [-0.1, -0.05) is 6.92 Å². The van der Waals surface area contributed by atoms with Crippen molar-refractivity contribution in [1.82, 2.24) is 0 Å². The molecule has 0 heterocycles. The molecule has 0 aliphatic heterocycles. The first kappa shape index (κ1) is 5.67. The van der Waals surface area contributed by atoms with Crippen LogP contribution in [0.5, 0.6) is 0 Å². The van der Waals surface area contributed by atoms with E-state index in [9.17, 15) is 0 Å². The summed E-state index contributed by atoms with van der Waals surface area (Å²) in [6.45, 7) is 5.50. The lowest BCUT2D eigenvalue weighted by Gasteiger charge is -1.86. The van der Waals surface area contributed by atoms with Crippen molar-refractivity contribution >= 4 is 5.71 Å². The lowest BCUT2D eigenvalue weighted by atomic mass is 10.2. The molecule has 0 saturated carbocycles. The summed E-state index contributed by atoms with van der Waals surface area (Å²) in [4.78, 5) is 0. The molecular weight excluding hydrogens is 74.1 g/mol. The van der Waals surface area contributed by atoms with Gasteiger partial charge in [0.1, 0.15) is 0 Å². The molecule has 0 bridgehead atoms. The van der Waals surface area contributed by atoms with Crippen LogP contribution in [0.1, 0.15) is 19.8 Å². The molecule has 0 amide bonds. The van der Waals surface area contributed by atoms with Crippen molar-refractivity contribution in [2.75, 3.05) is 0 Å². The molecule has 35 valence electrons. The predicted octanol–water partition coefficient (Wildman–Crippen LogP) is 1.64. The van der Waals surface area contributed by atoms with E-state index in [1.165, 1.54) is 0 Å². The van der Waals surface area contributed by atoms with Crippen LogP contribution in [0, 0.1) is 12.3 Å². The Morgan fingerprint density at radius 2 is 2.33 bits per heavy atom. The van der Waals surface area contributed by atoms with E-state index in [1.54, 1.807) is 0 Å². The average molecular weight is 84.1 g/mol. The lowest BCUT2D eigenvalue weighted by molar-refractivity contribution is 1.18. The molecule has 0 aromatic carbocycles. The van der Waals surface area contributed by atoms with Gasteiger partial charge in [0.2, 0.25) is 0 Å². The summed E-state index contributed by atoms with van der Waals surface area (Å²) in [5, 5.41) is 6.92. The van der Waals surface area contributed by atoms with Crippen molar-refractivity contribution in [3.8, 4) is 0 Å². The predicted molar refractivity (Wildman–Crippen MR) is 28.0 cm³/mol.